The van der Waals surface area contributed by atoms with Gasteiger partial charge in [-0.05, 0) is 0 Å². The fraction of sp³-hybridized carbons (Fsp3) is 0.812. The van der Waals surface area contributed by atoms with Crippen LogP contribution in [0.3, 0.4) is 0 Å². The van der Waals surface area contributed by atoms with Crippen molar-refractivity contribution in [2.45, 2.75) is 40.2 Å². The van der Waals surface area contributed by atoms with Gasteiger partial charge < -0.3 is 0 Å². The second-order valence-electron chi connectivity index (χ2n) is 7.58. The molecule has 0 unspecified atom stereocenters. The number of amides is 1. The second-order valence-corrected chi connectivity index (χ2v) is 9.44. The molecule has 1 saturated heterocycles. The van der Waals surface area contributed by atoms with Crippen LogP contribution in [0, 0.1) is 10.8 Å². The van der Waals surface area contributed by atoms with Crippen molar-refractivity contribution in [3.8, 4) is 0 Å². The fourth-order valence-electron chi connectivity index (χ4n) is 2.27. The van der Waals surface area contributed by atoms with Crippen molar-refractivity contribution in [3.63, 3.8) is 0 Å². The topological polar surface area (TPSA) is 130 Å². The van der Waals surface area contributed by atoms with Crippen LogP contribution in [0.25, 0.3) is 0 Å². The molecule has 11 heteroatoms. The minimum absolute atomic E-state index is 0.0113. The number of esters is 2. The van der Waals surface area contributed by atoms with E-state index in [-0.39, 0.29) is 26.2 Å². The zero-order chi connectivity index (χ0) is 20.9. The maximum atomic E-state index is 12.5. The standard InChI is InChI=1S/C16H30NO9P/c1-15(2)9-24-27(21,25-10-16(3,4)14(20)23-6)26-12(15)13(19)17-8-7-11(18)22-5/h12,21,27H,7-10H2,1-6H3,(H,17,19)/t12-/m0/s1. The number of hydrogen-bond acceptors (Lipinski definition) is 9. The van der Waals surface area contributed by atoms with Crippen molar-refractivity contribution >= 4 is 26.0 Å². The molecule has 0 bridgehead atoms. The Hall–Kier alpha value is -1.32. The van der Waals surface area contributed by atoms with Gasteiger partial charge in [-0.3, -0.25) is 0 Å². The summed E-state index contributed by atoms with van der Waals surface area (Å²) in [5.41, 5.74) is -1.77. The van der Waals surface area contributed by atoms with E-state index in [1.165, 1.54) is 14.2 Å². The average Bonchev–Trinajstić information content (AvgIpc) is 2.61. The fourth-order valence-corrected chi connectivity index (χ4v) is 4.31. The molecule has 0 aromatic rings. The summed E-state index contributed by atoms with van der Waals surface area (Å²) in [4.78, 5) is 45.9. The predicted octanol–water partition coefficient (Wildman–Crippen LogP) is 0.725. The first-order valence-electron chi connectivity index (χ1n) is 8.48. The van der Waals surface area contributed by atoms with Crippen LogP contribution < -0.4 is 5.32 Å². The van der Waals surface area contributed by atoms with Gasteiger partial charge in [-0.25, -0.2) is 0 Å². The van der Waals surface area contributed by atoms with E-state index in [9.17, 15) is 19.3 Å². The number of nitrogens with one attached hydrogen (secondary N) is 1. The molecular weight excluding hydrogens is 381 g/mol. The first-order chi connectivity index (χ1) is 12.4. The molecule has 1 heterocycles. The van der Waals surface area contributed by atoms with Crippen LogP contribution in [-0.2, 0) is 37.4 Å². The molecule has 1 fully saturated rings. The van der Waals surface area contributed by atoms with E-state index >= 15 is 0 Å². The molecule has 0 aromatic carbocycles. The molecule has 0 spiro atoms. The number of carbonyl (C=O) groups is 3. The Morgan fingerprint density at radius 3 is 2.44 bits per heavy atom. The zero-order valence-electron chi connectivity index (χ0n) is 16.6. The van der Waals surface area contributed by atoms with Gasteiger partial charge in [0.25, 0.3) is 0 Å². The molecule has 2 N–H and O–H groups in total. The Morgan fingerprint density at radius 2 is 1.89 bits per heavy atom. The number of carbonyl (C=O) groups excluding carboxylic acids is 3. The summed E-state index contributed by atoms with van der Waals surface area (Å²) in [6.07, 6.45) is -1.04. The van der Waals surface area contributed by atoms with Crippen molar-refractivity contribution in [2.75, 3.05) is 34.0 Å². The van der Waals surface area contributed by atoms with Gasteiger partial charge in [-0.1, -0.05) is 0 Å². The summed E-state index contributed by atoms with van der Waals surface area (Å²) in [7, 11) is -1.64. The van der Waals surface area contributed by atoms with E-state index in [2.05, 4.69) is 14.8 Å². The summed E-state index contributed by atoms with van der Waals surface area (Å²) in [6.45, 7) is 6.52. The van der Waals surface area contributed by atoms with Crippen molar-refractivity contribution in [3.05, 3.63) is 0 Å². The molecule has 1 aliphatic heterocycles. The third-order valence-electron chi connectivity index (χ3n) is 4.05. The minimum atomic E-state index is -4.15. The maximum absolute atomic E-state index is 12.5. The summed E-state index contributed by atoms with van der Waals surface area (Å²) in [5, 5.41) is 2.57. The average molecular weight is 411 g/mol. The van der Waals surface area contributed by atoms with Gasteiger partial charge in [-0.2, -0.15) is 0 Å². The van der Waals surface area contributed by atoms with E-state index in [4.69, 9.17) is 13.6 Å². The number of hydrogen-bond donors (Lipinski definition) is 2. The van der Waals surface area contributed by atoms with Crippen LogP contribution in [0.15, 0.2) is 0 Å². The Bertz CT molecular complexity index is 566. The Kier molecular flexibility index (Phi) is 8.13. The number of ether oxygens (including phenoxy) is 2. The van der Waals surface area contributed by atoms with E-state index in [0.29, 0.717) is 0 Å². The van der Waals surface area contributed by atoms with Crippen LogP contribution in [0.4, 0.5) is 0 Å². The number of rotatable bonds is 8. The normalized spacial score (nSPS) is 22.4. The molecule has 0 aliphatic carbocycles. The van der Waals surface area contributed by atoms with Gasteiger partial charge in [0.2, 0.25) is 0 Å². The molecule has 1 aliphatic rings. The molecule has 1 rings (SSSR count). The van der Waals surface area contributed by atoms with Gasteiger partial charge >= 0.3 is 159 Å². The monoisotopic (exact) mass is 411 g/mol. The Labute approximate surface area is 159 Å². The van der Waals surface area contributed by atoms with Gasteiger partial charge in [0.1, 0.15) is 0 Å². The Balaban J connectivity index is 2.74. The molecule has 0 aromatic heterocycles. The van der Waals surface area contributed by atoms with Crippen LogP contribution in [-0.4, -0.2) is 62.8 Å². The molecule has 0 radical (unpaired) electrons. The molecule has 10 nitrogen and oxygen atoms in total. The summed E-state index contributed by atoms with van der Waals surface area (Å²) >= 11 is 0. The van der Waals surface area contributed by atoms with Gasteiger partial charge in [0.15, 0.2) is 0 Å². The summed E-state index contributed by atoms with van der Waals surface area (Å²) in [6, 6.07) is 0. The molecular formula is C16H30NO9P. The van der Waals surface area contributed by atoms with Gasteiger partial charge in [0, 0.05) is 0 Å². The van der Waals surface area contributed by atoms with E-state index in [0.717, 1.165) is 0 Å². The van der Waals surface area contributed by atoms with E-state index in [1.54, 1.807) is 27.7 Å². The summed E-state index contributed by atoms with van der Waals surface area (Å²) < 4.78 is 25.5. The second kappa shape index (κ2) is 9.25. The quantitative estimate of drug-likeness (QED) is 0.438. The van der Waals surface area contributed by atoms with E-state index < -0.39 is 42.9 Å². The first kappa shape index (κ1) is 23.7. The van der Waals surface area contributed by atoms with Crippen LogP contribution >= 0.6 is 8.17 Å². The third kappa shape index (κ3) is 6.65. The molecule has 158 valence electrons. The molecule has 1 amide bonds. The van der Waals surface area contributed by atoms with Gasteiger partial charge in [-0.15, -0.1) is 0 Å². The predicted molar refractivity (Wildman–Crippen MR) is 96.5 cm³/mol. The SMILES string of the molecule is COC(=O)CCNC(=O)[C@@H]1O[PH](O)(OCC(C)(C)C(=O)OC)OCC1(C)C. The summed E-state index contributed by atoms with van der Waals surface area (Å²) in [5.74, 6) is -1.48. The van der Waals surface area contributed by atoms with Gasteiger partial charge in [0.05, 0.1) is 0 Å². The van der Waals surface area contributed by atoms with Crippen LogP contribution in [0.1, 0.15) is 34.1 Å². The van der Waals surface area contributed by atoms with Crippen LogP contribution in [0.2, 0.25) is 0 Å². The van der Waals surface area contributed by atoms with Crippen molar-refractivity contribution in [1.82, 2.24) is 5.32 Å². The van der Waals surface area contributed by atoms with Crippen molar-refractivity contribution in [1.29, 1.82) is 0 Å². The molecule has 27 heavy (non-hydrogen) atoms. The van der Waals surface area contributed by atoms with Crippen molar-refractivity contribution < 1.29 is 42.3 Å². The van der Waals surface area contributed by atoms with E-state index in [1.807, 2.05) is 0 Å². The zero-order valence-corrected chi connectivity index (χ0v) is 17.6. The Morgan fingerprint density at radius 1 is 1.26 bits per heavy atom. The number of methoxy groups -OCH3 is 2. The third-order valence-corrected chi connectivity index (χ3v) is 5.60. The molecule has 0 saturated carbocycles. The first-order valence-corrected chi connectivity index (χ1v) is 10.1. The molecule has 1 atom stereocenters. The van der Waals surface area contributed by atoms with Crippen LogP contribution in [0.5, 0.6) is 0 Å². The van der Waals surface area contributed by atoms with Crippen molar-refractivity contribution in [2.24, 2.45) is 10.8 Å².